The molecule has 124 valence electrons. The lowest BCUT2D eigenvalue weighted by Gasteiger charge is -2.35. The molecule has 22 heavy (non-hydrogen) atoms. The van der Waals surface area contributed by atoms with Crippen molar-refractivity contribution < 1.29 is 23.0 Å². The van der Waals surface area contributed by atoms with Gasteiger partial charge in [-0.2, -0.15) is 18.2 Å². The third kappa shape index (κ3) is 3.71. The fourth-order valence-electron chi connectivity index (χ4n) is 2.26. The van der Waals surface area contributed by atoms with Gasteiger partial charge in [0.15, 0.2) is 11.5 Å². The van der Waals surface area contributed by atoms with E-state index in [1.807, 2.05) is 0 Å². The number of alkyl halides is 3. The summed E-state index contributed by atoms with van der Waals surface area (Å²) in [6.07, 6.45) is -3.55. The summed E-state index contributed by atoms with van der Waals surface area (Å²) in [5, 5.41) is 11.8. The van der Waals surface area contributed by atoms with Gasteiger partial charge in [0.1, 0.15) is 5.69 Å². The number of ether oxygens (including phenoxy) is 1. The first-order chi connectivity index (χ1) is 10.3. The smallest absolute Gasteiger partial charge is 0.396 e. The first-order valence-corrected chi connectivity index (χ1v) is 6.98. The number of hydrogen-bond donors (Lipinski definition) is 3. The van der Waals surface area contributed by atoms with Gasteiger partial charge in [0.25, 0.3) is 0 Å². The monoisotopic (exact) mass is 340 g/mol. The van der Waals surface area contributed by atoms with E-state index in [9.17, 15) is 18.3 Å². The third-order valence-electron chi connectivity index (χ3n) is 3.71. The highest BCUT2D eigenvalue weighted by molar-refractivity contribution is 6.28. The molecule has 0 unspecified atom stereocenters. The molecule has 0 bridgehead atoms. The Morgan fingerprint density at radius 3 is 2.50 bits per heavy atom. The molecule has 1 aromatic rings. The van der Waals surface area contributed by atoms with Gasteiger partial charge in [-0.1, -0.05) is 0 Å². The number of nitrogens with two attached hydrogens (primary N) is 1. The molecule has 1 fully saturated rings. The number of nitrogen functional groups attached to an aromatic ring is 1. The van der Waals surface area contributed by atoms with E-state index in [4.69, 9.17) is 22.1 Å². The van der Waals surface area contributed by atoms with Crippen molar-refractivity contribution in [3.05, 3.63) is 11.0 Å². The molecule has 0 radical (unpaired) electrons. The zero-order chi connectivity index (χ0) is 16.4. The second kappa shape index (κ2) is 6.43. The number of halogens is 4. The van der Waals surface area contributed by atoms with Crippen molar-refractivity contribution in [3.63, 3.8) is 0 Å². The van der Waals surface area contributed by atoms with Gasteiger partial charge < -0.3 is 20.9 Å². The lowest BCUT2D eigenvalue weighted by Crippen LogP contribution is -2.39. The Kier molecular flexibility index (Phi) is 4.98. The largest absolute Gasteiger partial charge is 0.435 e. The fourth-order valence-corrected chi connectivity index (χ4v) is 2.43. The van der Waals surface area contributed by atoms with Crippen LogP contribution in [0.4, 0.5) is 24.7 Å². The summed E-state index contributed by atoms with van der Waals surface area (Å²) in [7, 11) is 0. The molecule has 0 aromatic carbocycles. The van der Waals surface area contributed by atoms with E-state index >= 15 is 0 Å². The van der Waals surface area contributed by atoms with Crippen molar-refractivity contribution in [3.8, 4) is 0 Å². The van der Waals surface area contributed by atoms with Crippen molar-refractivity contribution in [1.82, 2.24) is 9.97 Å². The van der Waals surface area contributed by atoms with E-state index in [1.54, 1.807) is 0 Å². The van der Waals surface area contributed by atoms with Crippen molar-refractivity contribution in [2.75, 3.05) is 37.4 Å². The molecular weight excluding hydrogens is 325 g/mol. The molecule has 0 saturated carbocycles. The van der Waals surface area contributed by atoms with Gasteiger partial charge in [0.2, 0.25) is 5.28 Å². The first kappa shape index (κ1) is 17.0. The molecule has 1 aliphatic heterocycles. The van der Waals surface area contributed by atoms with Crippen molar-refractivity contribution >= 4 is 23.1 Å². The number of nitrogens with one attached hydrogen (secondary N) is 1. The molecule has 0 aliphatic carbocycles. The Morgan fingerprint density at radius 1 is 1.32 bits per heavy atom. The van der Waals surface area contributed by atoms with Crippen LogP contribution in [0.1, 0.15) is 18.5 Å². The SMILES string of the molecule is Nc1c(NCC2(CO)CCOCC2)nc(Cl)nc1C(F)(F)F. The maximum atomic E-state index is 12.8. The number of anilines is 2. The minimum Gasteiger partial charge on any atom is -0.396 e. The Bertz CT molecular complexity index is 536. The van der Waals surface area contributed by atoms with Crippen LogP contribution in [0, 0.1) is 5.41 Å². The Morgan fingerprint density at radius 2 is 1.95 bits per heavy atom. The average molecular weight is 341 g/mol. The molecule has 1 saturated heterocycles. The minimum atomic E-state index is -4.72. The first-order valence-electron chi connectivity index (χ1n) is 6.60. The quantitative estimate of drug-likeness (QED) is 0.725. The van der Waals surface area contributed by atoms with Crippen molar-refractivity contribution in [2.24, 2.45) is 5.41 Å². The lowest BCUT2D eigenvalue weighted by atomic mass is 9.81. The Hall–Kier alpha value is -1.32. The zero-order valence-corrected chi connectivity index (χ0v) is 12.3. The van der Waals surface area contributed by atoms with Gasteiger partial charge in [-0.15, -0.1) is 0 Å². The maximum Gasteiger partial charge on any atom is 0.435 e. The van der Waals surface area contributed by atoms with E-state index in [2.05, 4.69) is 15.3 Å². The van der Waals surface area contributed by atoms with Crippen LogP contribution >= 0.6 is 11.6 Å². The molecule has 6 nitrogen and oxygen atoms in total. The summed E-state index contributed by atoms with van der Waals surface area (Å²) in [6, 6.07) is 0. The Balaban J connectivity index is 2.21. The predicted molar refractivity (Wildman–Crippen MR) is 74.5 cm³/mol. The van der Waals surface area contributed by atoms with Crippen LogP contribution in [0.25, 0.3) is 0 Å². The number of nitrogens with zero attached hydrogens (tertiary/aromatic N) is 2. The highest BCUT2D eigenvalue weighted by Crippen LogP contribution is 2.36. The van der Waals surface area contributed by atoms with Crippen LogP contribution in [0.2, 0.25) is 5.28 Å². The molecule has 2 rings (SSSR count). The summed E-state index contributed by atoms with van der Waals surface area (Å²) >= 11 is 5.53. The molecule has 0 amide bonds. The zero-order valence-electron chi connectivity index (χ0n) is 11.6. The number of aromatic nitrogens is 2. The van der Waals surface area contributed by atoms with E-state index in [1.165, 1.54) is 0 Å². The molecule has 2 heterocycles. The van der Waals surface area contributed by atoms with Gasteiger partial charge in [-0.05, 0) is 24.4 Å². The summed E-state index contributed by atoms with van der Waals surface area (Å²) in [6.45, 7) is 1.06. The average Bonchev–Trinajstić information content (AvgIpc) is 2.47. The van der Waals surface area contributed by atoms with Gasteiger partial charge in [-0.25, -0.2) is 4.98 Å². The molecular formula is C12H16ClF3N4O2. The van der Waals surface area contributed by atoms with Crippen LogP contribution in [0.5, 0.6) is 0 Å². The summed E-state index contributed by atoms with van der Waals surface area (Å²) in [5.41, 5.74) is 3.11. The van der Waals surface area contributed by atoms with Crippen LogP contribution in [-0.2, 0) is 10.9 Å². The van der Waals surface area contributed by atoms with Crippen LogP contribution in [-0.4, -0.2) is 41.4 Å². The molecule has 1 aliphatic rings. The molecule has 4 N–H and O–H groups in total. The van der Waals surface area contributed by atoms with E-state index in [0.29, 0.717) is 26.1 Å². The normalized spacial score (nSPS) is 18.2. The van der Waals surface area contributed by atoms with E-state index < -0.39 is 28.3 Å². The van der Waals surface area contributed by atoms with E-state index in [-0.39, 0.29) is 19.0 Å². The van der Waals surface area contributed by atoms with Crippen molar-refractivity contribution in [2.45, 2.75) is 19.0 Å². The minimum absolute atomic E-state index is 0.117. The topological polar surface area (TPSA) is 93.3 Å². The van der Waals surface area contributed by atoms with E-state index in [0.717, 1.165) is 0 Å². The number of hydrogen-bond acceptors (Lipinski definition) is 6. The lowest BCUT2D eigenvalue weighted by molar-refractivity contribution is -0.140. The summed E-state index contributed by atoms with van der Waals surface area (Å²) in [5.74, 6) is -0.188. The summed E-state index contributed by atoms with van der Waals surface area (Å²) in [4.78, 5) is 6.83. The predicted octanol–water partition coefficient (Wildman–Crippen LogP) is 1.93. The highest BCUT2D eigenvalue weighted by Gasteiger charge is 2.38. The van der Waals surface area contributed by atoms with Crippen molar-refractivity contribution in [1.29, 1.82) is 0 Å². The number of aliphatic hydroxyl groups excluding tert-OH is 1. The standard InChI is InChI=1S/C12H16ClF3N4O2/c13-10-19-8(12(14,15)16)7(17)9(20-10)18-5-11(6-21)1-3-22-4-2-11/h21H,1-6,17H2,(H,18,19,20). The highest BCUT2D eigenvalue weighted by atomic mass is 35.5. The van der Waals surface area contributed by atoms with Crippen LogP contribution in [0.15, 0.2) is 0 Å². The molecule has 1 aromatic heterocycles. The molecule has 0 spiro atoms. The third-order valence-corrected chi connectivity index (χ3v) is 3.88. The van der Waals surface area contributed by atoms with Crippen LogP contribution in [0.3, 0.4) is 0 Å². The Labute approximate surface area is 129 Å². The number of aliphatic hydroxyl groups is 1. The van der Waals surface area contributed by atoms with Gasteiger partial charge in [-0.3, -0.25) is 0 Å². The maximum absolute atomic E-state index is 12.8. The van der Waals surface area contributed by atoms with Crippen LogP contribution < -0.4 is 11.1 Å². The molecule has 0 atom stereocenters. The number of rotatable bonds is 4. The molecule has 10 heteroatoms. The summed E-state index contributed by atoms with van der Waals surface area (Å²) < 4.78 is 43.7. The van der Waals surface area contributed by atoms with Gasteiger partial charge in [0.05, 0.1) is 6.61 Å². The van der Waals surface area contributed by atoms with Gasteiger partial charge in [0, 0.05) is 25.2 Å². The fraction of sp³-hybridized carbons (Fsp3) is 0.667. The second-order valence-electron chi connectivity index (χ2n) is 5.23. The second-order valence-corrected chi connectivity index (χ2v) is 5.56. The van der Waals surface area contributed by atoms with Gasteiger partial charge >= 0.3 is 6.18 Å².